The number of aromatic nitrogens is 2. The van der Waals surface area contributed by atoms with Crippen LogP contribution in [-0.4, -0.2) is 21.1 Å². The molecule has 0 saturated heterocycles. The molecule has 0 atom stereocenters. The molecule has 0 aliphatic heterocycles. The van der Waals surface area contributed by atoms with Crippen molar-refractivity contribution in [1.29, 1.82) is 0 Å². The highest BCUT2D eigenvalue weighted by Gasteiger charge is 2.12. The lowest BCUT2D eigenvalue weighted by Crippen LogP contribution is -2.22. The third kappa shape index (κ3) is 3.75. The van der Waals surface area contributed by atoms with Gasteiger partial charge < -0.3 is 0 Å². The van der Waals surface area contributed by atoms with Crippen molar-refractivity contribution in [2.45, 2.75) is 31.5 Å². The quantitative estimate of drug-likeness (QED) is 0.135. The maximum absolute atomic E-state index is 13.0. The highest BCUT2D eigenvalue weighted by atomic mass is 32.2. The largest absolute Gasteiger partial charge is 0.293 e. The number of rotatable bonds is 7. The van der Waals surface area contributed by atoms with Crippen LogP contribution in [0.5, 0.6) is 0 Å². The Kier molecular flexibility index (Phi) is 5.59. The number of Topliss-reactive ketones (excluding diaryl/α,β-unsaturated/α-hetero) is 1. The van der Waals surface area contributed by atoms with Crippen LogP contribution in [0.1, 0.15) is 29.4 Å². The van der Waals surface area contributed by atoms with Gasteiger partial charge in [-0.05, 0) is 47.7 Å². The first-order valence-corrected chi connectivity index (χ1v) is 11.2. The lowest BCUT2D eigenvalue weighted by Gasteiger charge is -2.11. The normalized spacial score (nSPS) is 11.3. The molecular weight excluding hydrogens is 388 g/mol. The van der Waals surface area contributed by atoms with Crippen molar-refractivity contribution in [2.24, 2.45) is 0 Å². The summed E-state index contributed by atoms with van der Waals surface area (Å²) in [7, 11) is 0. The van der Waals surface area contributed by atoms with Crippen molar-refractivity contribution >= 4 is 50.6 Å². The molecule has 0 spiro atoms. The number of hydrogen-bond acceptors (Lipinski definition) is 5. The molecule has 4 rings (SSSR count). The fourth-order valence-corrected chi connectivity index (χ4v) is 4.93. The van der Waals surface area contributed by atoms with Crippen LogP contribution in [0.2, 0.25) is 0 Å². The Morgan fingerprint density at radius 2 is 1.93 bits per heavy atom. The minimum atomic E-state index is -0.00425. The number of ketones is 1. The van der Waals surface area contributed by atoms with Gasteiger partial charge in [-0.25, -0.2) is 4.98 Å². The summed E-state index contributed by atoms with van der Waals surface area (Å²) in [5.41, 5.74) is 0.723. The number of thioether (sulfide) groups is 1. The molecule has 0 N–H and O–H groups in total. The molecule has 2 aromatic carbocycles. The molecule has 2 heterocycles. The molecule has 0 bridgehead atoms. The van der Waals surface area contributed by atoms with Crippen molar-refractivity contribution in [3.8, 4) is 0 Å². The predicted octanol–water partition coefficient (Wildman–Crippen LogP) is 5.39. The van der Waals surface area contributed by atoms with Crippen LogP contribution >= 0.6 is 23.1 Å². The Morgan fingerprint density at radius 1 is 1.14 bits per heavy atom. The lowest BCUT2D eigenvalue weighted by atomic mass is 10.1. The summed E-state index contributed by atoms with van der Waals surface area (Å²) in [5, 5.41) is 5.42. The minimum Gasteiger partial charge on any atom is -0.293 e. The minimum absolute atomic E-state index is 0.00425. The second-order valence-corrected chi connectivity index (χ2v) is 8.52. The Bertz CT molecular complexity index is 1200. The van der Waals surface area contributed by atoms with E-state index in [0.717, 1.165) is 38.5 Å². The van der Waals surface area contributed by atoms with Crippen LogP contribution < -0.4 is 5.56 Å². The molecule has 0 saturated carbocycles. The molecule has 0 fully saturated rings. The lowest BCUT2D eigenvalue weighted by molar-refractivity contribution is 0.0986. The second-order valence-electron chi connectivity index (χ2n) is 6.51. The molecule has 6 heteroatoms. The van der Waals surface area contributed by atoms with Gasteiger partial charge in [0.15, 0.2) is 10.9 Å². The third-order valence-electron chi connectivity index (χ3n) is 4.68. The average molecular weight is 409 g/mol. The van der Waals surface area contributed by atoms with Gasteiger partial charge in [-0.3, -0.25) is 14.2 Å². The summed E-state index contributed by atoms with van der Waals surface area (Å²) in [4.78, 5) is 30.7. The fraction of sp³-hybridized carbons (Fsp3) is 0.227. The number of benzene rings is 2. The zero-order valence-electron chi connectivity index (χ0n) is 15.6. The molecule has 0 aliphatic carbocycles. The summed E-state index contributed by atoms with van der Waals surface area (Å²) in [6, 6.07) is 15.7. The van der Waals surface area contributed by atoms with Gasteiger partial charge in [0.2, 0.25) is 0 Å². The van der Waals surface area contributed by atoms with Crippen LogP contribution in [0.25, 0.3) is 21.7 Å². The van der Waals surface area contributed by atoms with Gasteiger partial charge in [0.25, 0.3) is 5.56 Å². The van der Waals surface area contributed by atoms with Crippen LogP contribution in [-0.2, 0) is 6.54 Å². The van der Waals surface area contributed by atoms with E-state index in [-0.39, 0.29) is 11.3 Å². The highest BCUT2D eigenvalue weighted by molar-refractivity contribution is 7.99. The number of hydrogen-bond donors (Lipinski definition) is 0. The summed E-state index contributed by atoms with van der Waals surface area (Å²) >= 11 is 3.03. The Balaban J connectivity index is 1.56. The monoisotopic (exact) mass is 408 g/mol. The van der Waals surface area contributed by atoms with E-state index in [2.05, 4.69) is 0 Å². The topological polar surface area (TPSA) is 52.0 Å². The van der Waals surface area contributed by atoms with Crippen molar-refractivity contribution in [1.82, 2.24) is 9.55 Å². The smallest absolute Gasteiger partial charge is 0.262 e. The summed E-state index contributed by atoms with van der Waals surface area (Å²) < 4.78 is 1.73. The molecule has 0 amide bonds. The molecule has 2 aromatic heterocycles. The molecular formula is C22H20N2O2S2. The van der Waals surface area contributed by atoms with E-state index in [0.29, 0.717) is 18.4 Å². The van der Waals surface area contributed by atoms with Crippen LogP contribution in [0.3, 0.4) is 0 Å². The zero-order valence-corrected chi connectivity index (χ0v) is 17.2. The first-order chi connectivity index (χ1) is 13.7. The number of nitrogens with zero attached hydrogens (tertiary/aromatic N) is 2. The molecule has 142 valence electrons. The Labute approximate surface area is 171 Å². The van der Waals surface area contributed by atoms with Gasteiger partial charge in [-0.1, -0.05) is 42.1 Å². The third-order valence-corrected chi connectivity index (χ3v) is 6.65. The van der Waals surface area contributed by atoms with E-state index in [9.17, 15) is 9.59 Å². The predicted molar refractivity (Wildman–Crippen MR) is 118 cm³/mol. The first-order valence-electron chi connectivity index (χ1n) is 9.30. The molecule has 0 unspecified atom stereocenters. The molecule has 28 heavy (non-hydrogen) atoms. The Hall–Kier alpha value is -2.44. The maximum atomic E-state index is 13.0. The van der Waals surface area contributed by atoms with E-state index >= 15 is 0 Å². The summed E-state index contributed by atoms with van der Waals surface area (Å²) in [5.74, 6) is 0.934. The number of thiophene rings is 1. The van der Waals surface area contributed by atoms with Gasteiger partial charge in [0.05, 0.1) is 15.8 Å². The average Bonchev–Trinajstić information content (AvgIpc) is 3.25. The van der Waals surface area contributed by atoms with Gasteiger partial charge in [-0.2, -0.15) is 0 Å². The highest BCUT2D eigenvalue weighted by Crippen LogP contribution is 2.23. The maximum Gasteiger partial charge on any atom is 0.262 e. The SMILES string of the molecule is CCn1c(SCCCC(=O)c2cccs2)nc2cc3ccccc3cc2c1=O. The van der Waals surface area contributed by atoms with Crippen LogP contribution in [0.4, 0.5) is 0 Å². The first kappa shape index (κ1) is 18.9. The number of carbonyl (C=O) groups is 1. The van der Waals surface area contributed by atoms with Gasteiger partial charge in [0.1, 0.15) is 0 Å². The summed E-state index contributed by atoms with van der Waals surface area (Å²) in [6.07, 6.45) is 1.28. The van der Waals surface area contributed by atoms with Gasteiger partial charge in [0, 0.05) is 18.7 Å². The van der Waals surface area contributed by atoms with Crippen molar-refractivity contribution in [3.63, 3.8) is 0 Å². The van der Waals surface area contributed by atoms with E-state index in [1.807, 2.05) is 60.8 Å². The van der Waals surface area contributed by atoms with E-state index < -0.39 is 0 Å². The Morgan fingerprint density at radius 3 is 2.64 bits per heavy atom. The standard InChI is InChI=1S/C22H20N2O2S2/c1-2-24-21(26)17-13-15-7-3-4-8-16(15)14-18(17)23-22(24)28-12-5-9-19(25)20-10-6-11-27-20/h3-4,6-8,10-11,13-14H,2,5,9,12H2,1H3. The fourth-order valence-electron chi connectivity index (χ4n) is 3.23. The van der Waals surface area contributed by atoms with E-state index in [1.54, 1.807) is 16.3 Å². The zero-order chi connectivity index (χ0) is 19.5. The molecule has 0 radical (unpaired) electrons. The molecule has 4 aromatic rings. The van der Waals surface area contributed by atoms with Crippen LogP contribution in [0.15, 0.2) is 63.9 Å². The number of carbonyl (C=O) groups excluding carboxylic acids is 1. The van der Waals surface area contributed by atoms with Crippen LogP contribution in [0, 0.1) is 0 Å². The van der Waals surface area contributed by atoms with Crippen molar-refractivity contribution in [2.75, 3.05) is 5.75 Å². The van der Waals surface area contributed by atoms with Gasteiger partial charge in [-0.15, -0.1) is 11.3 Å². The number of fused-ring (bicyclic) bond motifs is 2. The summed E-state index contributed by atoms with van der Waals surface area (Å²) in [6.45, 7) is 2.53. The second kappa shape index (κ2) is 8.29. The van der Waals surface area contributed by atoms with E-state index in [1.165, 1.54) is 11.3 Å². The van der Waals surface area contributed by atoms with Crippen molar-refractivity contribution < 1.29 is 4.79 Å². The molecule has 0 aliphatic rings. The van der Waals surface area contributed by atoms with Crippen molar-refractivity contribution in [3.05, 3.63) is 69.1 Å². The van der Waals surface area contributed by atoms with E-state index in [4.69, 9.17) is 4.98 Å². The van der Waals surface area contributed by atoms with Gasteiger partial charge >= 0.3 is 0 Å². The molecule has 4 nitrogen and oxygen atoms in total.